The van der Waals surface area contributed by atoms with Crippen LogP contribution in [0.1, 0.15) is 69.2 Å². The number of rotatable bonds is 11. The normalized spacial score (nSPS) is 18.6. The molecule has 1 atom stereocenters. The van der Waals surface area contributed by atoms with E-state index >= 15 is 0 Å². The van der Waals surface area contributed by atoms with Gasteiger partial charge >= 0.3 is 6.09 Å². The second-order valence-corrected chi connectivity index (χ2v) is 13.9. The quantitative estimate of drug-likeness (QED) is 0.320. The van der Waals surface area contributed by atoms with Crippen molar-refractivity contribution in [1.82, 2.24) is 14.9 Å². The summed E-state index contributed by atoms with van der Waals surface area (Å²) in [6.07, 6.45) is 3.63. The molecule has 0 spiro atoms. The number of fused-ring (bicyclic) bond motifs is 1. The van der Waals surface area contributed by atoms with Crippen LogP contribution in [0.5, 0.6) is 5.75 Å². The van der Waals surface area contributed by atoms with Crippen molar-refractivity contribution in [2.75, 3.05) is 32.0 Å². The second kappa shape index (κ2) is 12.0. The van der Waals surface area contributed by atoms with E-state index < -0.39 is 21.7 Å². The van der Waals surface area contributed by atoms with E-state index in [0.29, 0.717) is 6.42 Å². The first kappa shape index (κ1) is 29.6. The topological polar surface area (TPSA) is 108 Å². The number of carboxylic acid groups (broad SMARTS) is 1. The van der Waals surface area contributed by atoms with Crippen LogP contribution in [0, 0.1) is 0 Å². The number of benzene rings is 2. The summed E-state index contributed by atoms with van der Waals surface area (Å²) < 4.78 is 33.4. The number of hydrogen-bond donors (Lipinski definition) is 3. The van der Waals surface area contributed by atoms with Crippen LogP contribution in [-0.4, -0.2) is 62.1 Å². The average Bonchev–Trinajstić information content (AvgIpc) is 2.84. The monoisotopic (exact) mass is 577 g/mol. The van der Waals surface area contributed by atoms with Gasteiger partial charge in [0, 0.05) is 35.1 Å². The lowest BCUT2D eigenvalue weighted by molar-refractivity contribution is 0.102. The Morgan fingerprint density at radius 1 is 1.21 bits per heavy atom. The molecule has 4 rings (SSSR count). The number of nitrogens with one attached hydrogen (secondary N) is 2. The largest absolute Gasteiger partial charge is 0.494 e. The smallest absolute Gasteiger partial charge is 0.407 e. The molecule has 2 aliphatic rings. The van der Waals surface area contributed by atoms with Gasteiger partial charge in [-0.15, -0.1) is 0 Å². The van der Waals surface area contributed by atoms with Crippen LogP contribution in [0.2, 0.25) is 5.02 Å². The van der Waals surface area contributed by atoms with Crippen LogP contribution < -0.4 is 14.8 Å². The van der Waals surface area contributed by atoms with Gasteiger partial charge in [0.05, 0.1) is 12.4 Å². The van der Waals surface area contributed by atoms with Crippen molar-refractivity contribution in [2.24, 2.45) is 0 Å². The third kappa shape index (κ3) is 7.06. The molecule has 0 saturated heterocycles. The average molecular weight is 578 g/mol. The molecule has 3 N–H and O–H groups in total. The highest BCUT2D eigenvalue weighted by Gasteiger charge is 2.47. The summed E-state index contributed by atoms with van der Waals surface area (Å²) in [6.45, 7) is 6.63. The Morgan fingerprint density at radius 3 is 2.54 bits per heavy atom. The molecule has 2 aromatic rings. The summed E-state index contributed by atoms with van der Waals surface area (Å²) in [5, 5.41) is 13.9. The van der Waals surface area contributed by atoms with Gasteiger partial charge in [0.2, 0.25) is 10.0 Å². The summed E-state index contributed by atoms with van der Waals surface area (Å²) in [4.78, 5) is 12.7. The molecule has 0 aromatic heterocycles. The molecule has 1 aliphatic heterocycles. The number of nitrogens with zero attached hydrogens (tertiary/aromatic N) is 1. The number of carbonyl (C=O) groups is 1. The van der Waals surface area contributed by atoms with Crippen molar-refractivity contribution in [3.8, 4) is 5.75 Å². The van der Waals surface area contributed by atoms with Crippen LogP contribution in [-0.2, 0) is 21.9 Å². The number of sulfonamides is 1. The molecule has 1 saturated carbocycles. The van der Waals surface area contributed by atoms with Crippen molar-refractivity contribution < 1.29 is 23.1 Å². The molecule has 1 fully saturated rings. The predicted octanol–water partition coefficient (Wildman–Crippen LogP) is 5.12. The summed E-state index contributed by atoms with van der Waals surface area (Å²) in [6, 6.07) is 14.6. The van der Waals surface area contributed by atoms with Gasteiger partial charge in [-0.05, 0) is 94.0 Å². The SMILES string of the molecule is CC(C)(C)N(CCNS(=O)(=O)CCCOc1ccc2c(c1)C(C1(c3ccc(Cl)cc3)CCC1)NCC2)C(=O)O. The van der Waals surface area contributed by atoms with E-state index in [1.165, 1.54) is 28.0 Å². The van der Waals surface area contributed by atoms with E-state index in [1.807, 2.05) is 18.2 Å². The summed E-state index contributed by atoms with van der Waals surface area (Å²) >= 11 is 6.17. The Hall–Kier alpha value is -2.33. The Balaban J connectivity index is 1.34. The van der Waals surface area contributed by atoms with Crippen molar-refractivity contribution in [3.05, 3.63) is 64.2 Å². The van der Waals surface area contributed by atoms with E-state index in [-0.39, 0.29) is 36.9 Å². The fourth-order valence-electron chi connectivity index (χ4n) is 5.74. The minimum atomic E-state index is -3.54. The minimum Gasteiger partial charge on any atom is -0.494 e. The molecule has 1 aliphatic carbocycles. The molecular weight excluding hydrogens is 538 g/mol. The van der Waals surface area contributed by atoms with Crippen LogP contribution in [0.15, 0.2) is 42.5 Å². The minimum absolute atomic E-state index is 0.0291. The maximum Gasteiger partial charge on any atom is 0.407 e. The standard InChI is InChI=1S/C29H40ClN3O5S/c1-28(2,3)33(27(34)35)17-16-32-39(36,37)19-5-18-38-24-11-6-21-12-15-31-26(25(21)20-24)29(13-4-14-29)22-7-9-23(30)10-8-22/h6-11,20,26,31-32H,4-5,12-19H2,1-3H3,(H,34,35). The van der Waals surface area contributed by atoms with Crippen molar-refractivity contribution in [1.29, 1.82) is 0 Å². The van der Waals surface area contributed by atoms with E-state index in [9.17, 15) is 18.3 Å². The highest BCUT2D eigenvalue weighted by atomic mass is 35.5. The number of ether oxygens (including phenoxy) is 1. The maximum atomic E-state index is 12.4. The van der Waals surface area contributed by atoms with Gasteiger partial charge in [-0.3, -0.25) is 0 Å². The Morgan fingerprint density at radius 2 is 1.92 bits per heavy atom. The molecule has 1 unspecified atom stereocenters. The van der Waals surface area contributed by atoms with Gasteiger partial charge < -0.3 is 20.1 Å². The molecule has 2 aromatic carbocycles. The first-order valence-electron chi connectivity index (χ1n) is 13.6. The van der Waals surface area contributed by atoms with Gasteiger partial charge in [0.25, 0.3) is 0 Å². The van der Waals surface area contributed by atoms with E-state index in [4.69, 9.17) is 16.3 Å². The number of hydrogen-bond acceptors (Lipinski definition) is 5. The summed E-state index contributed by atoms with van der Waals surface area (Å²) in [7, 11) is -3.54. The molecule has 39 heavy (non-hydrogen) atoms. The zero-order valence-corrected chi connectivity index (χ0v) is 24.6. The molecule has 8 nitrogen and oxygen atoms in total. The molecule has 0 bridgehead atoms. The third-order valence-corrected chi connectivity index (χ3v) is 9.63. The summed E-state index contributed by atoms with van der Waals surface area (Å²) in [5.41, 5.74) is 3.30. The van der Waals surface area contributed by atoms with Crippen molar-refractivity contribution in [2.45, 2.75) is 69.9 Å². The first-order valence-corrected chi connectivity index (χ1v) is 15.7. The zero-order valence-electron chi connectivity index (χ0n) is 23.0. The molecule has 0 radical (unpaired) electrons. The van der Waals surface area contributed by atoms with Crippen LogP contribution >= 0.6 is 11.6 Å². The van der Waals surface area contributed by atoms with E-state index in [2.05, 4.69) is 34.3 Å². The van der Waals surface area contributed by atoms with Gasteiger partial charge in [-0.2, -0.15) is 0 Å². The predicted molar refractivity (Wildman–Crippen MR) is 154 cm³/mol. The lowest BCUT2D eigenvalue weighted by Crippen LogP contribution is -2.49. The highest BCUT2D eigenvalue weighted by Crippen LogP contribution is 2.53. The lowest BCUT2D eigenvalue weighted by Gasteiger charge is -2.50. The number of amides is 1. The molecule has 214 valence electrons. The summed E-state index contributed by atoms with van der Waals surface area (Å²) in [5.74, 6) is 0.644. The van der Waals surface area contributed by atoms with Crippen molar-refractivity contribution >= 4 is 27.7 Å². The molecular formula is C29H40ClN3O5S. The Bertz CT molecular complexity index is 1260. The molecule has 1 amide bonds. The van der Waals surface area contributed by atoms with Crippen LogP contribution in [0.3, 0.4) is 0 Å². The van der Waals surface area contributed by atoms with E-state index in [1.54, 1.807) is 20.8 Å². The van der Waals surface area contributed by atoms with Crippen LogP contribution in [0.4, 0.5) is 4.79 Å². The fraction of sp³-hybridized carbons (Fsp3) is 0.552. The highest BCUT2D eigenvalue weighted by molar-refractivity contribution is 7.89. The van der Waals surface area contributed by atoms with Gasteiger partial charge in [0.15, 0.2) is 0 Å². The van der Waals surface area contributed by atoms with E-state index in [0.717, 1.165) is 36.6 Å². The Labute approximate surface area is 237 Å². The first-order chi connectivity index (χ1) is 18.4. The van der Waals surface area contributed by atoms with Crippen molar-refractivity contribution in [3.63, 3.8) is 0 Å². The molecule has 1 heterocycles. The zero-order chi connectivity index (χ0) is 28.3. The van der Waals surface area contributed by atoms with Crippen LogP contribution in [0.25, 0.3) is 0 Å². The van der Waals surface area contributed by atoms with Gasteiger partial charge in [0.1, 0.15) is 5.75 Å². The Kier molecular flexibility index (Phi) is 9.15. The van der Waals surface area contributed by atoms with Gasteiger partial charge in [-0.25, -0.2) is 17.9 Å². The third-order valence-electron chi connectivity index (χ3n) is 7.91. The second-order valence-electron chi connectivity index (χ2n) is 11.5. The maximum absolute atomic E-state index is 12.4. The number of halogens is 1. The van der Waals surface area contributed by atoms with Gasteiger partial charge in [-0.1, -0.05) is 36.2 Å². The molecule has 10 heteroatoms. The lowest BCUT2D eigenvalue weighted by atomic mass is 9.58. The fourth-order valence-corrected chi connectivity index (χ4v) is 6.91.